The van der Waals surface area contributed by atoms with Gasteiger partial charge in [-0.3, -0.25) is 4.79 Å². The lowest BCUT2D eigenvalue weighted by atomic mass is 9.75. The second-order valence-electron chi connectivity index (χ2n) is 5.34. The number of rotatable bonds is 5. The van der Waals surface area contributed by atoms with Crippen LogP contribution in [0.15, 0.2) is 24.3 Å². The molecule has 3 heteroatoms. The molecular formula is C15H20O3. The number of ketones is 1. The molecule has 2 rings (SSSR count). The van der Waals surface area contributed by atoms with E-state index in [1.807, 2.05) is 38.1 Å². The molecule has 0 unspecified atom stereocenters. The zero-order valence-electron chi connectivity index (χ0n) is 11.2. The van der Waals surface area contributed by atoms with Crippen LogP contribution in [0.25, 0.3) is 0 Å². The van der Waals surface area contributed by atoms with Crippen LogP contribution in [0.5, 0.6) is 5.75 Å². The van der Waals surface area contributed by atoms with Crippen LogP contribution in [-0.4, -0.2) is 25.1 Å². The second kappa shape index (κ2) is 5.11. The largest absolute Gasteiger partial charge is 0.491 e. The summed E-state index contributed by atoms with van der Waals surface area (Å²) in [5.74, 6) is 1.08. The van der Waals surface area contributed by atoms with Crippen LogP contribution in [0.4, 0.5) is 0 Å². The van der Waals surface area contributed by atoms with E-state index in [0.29, 0.717) is 19.6 Å². The SMILES string of the molecule is CC(=O)CC1(c2ccc(OC(C)C)cc2)COC1. The maximum absolute atomic E-state index is 11.4. The number of carbonyl (C=O) groups is 1. The summed E-state index contributed by atoms with van der Waals surface area (Å²) in [4.78, 5) is 11.4. The summed E-state index contributed by atoms with van der Waals surface area (Å²) in [5.41, 5.74) is 1.06. The molecule has 1 aliphatic heterocycles. The number of carbonyl (C=O) groups excluding carboxylic acids is 1. The van der Waals surface area contributed by atoms with Crippen LogP contribution >= 0.6 is 0 Å². The fourth-order valence-corrected chi connectivity index (χ4v) is 2.36. The minimum Gasteiger partial charge on any atom is -0.491 e. The Morgan fingerprint density at radius 3 is 2.33 bits per heavy atom. The number of ether oxygens (including phenoxy) is 2. The Morgan fingerprint density at radius 1 is 1.33 bits per heavy atom. The molecule has 0 saturated carbocycles. The topological polar surface area (TPSA) is 35.5 Å². The van der Waals surface area contributed by atoms with Crippen molar-refractivity contribution in [2.75, 3.05) is 13.2 Å². The normalized spacial score (nSPS) is 17.3. The van der Waals surface area contributed by atoms with Crippen molar-refractivity contribution in [3.05, 3.63) is 29.8 Å². The maximum Gasteiger partial charge on any atom is 0.130 e. The summed E-state index contributed by atoms with van der Waals surface area (Å²) in [6, 6.07) is 8.03. The summed E-state index contributed by atoms with van der Waals surface area (Å²) in [7, 11) is 0. The van der Waals surface area contributed by atoms with Gasteiger partial charge >= 0.3 is 0 Å². The third-order valence-electron chi connectivity index (χ3n) is 3.18. The van der Waals surface area contributed by atoms with Gasteiger partial charge in [-0.25, -0.2) is 0 Å². The van der Waals surface area contributed by atoms with Gasteiger partial charge in [0.05, 0.1) is 19.3 Å². The number of hydrogen-bond donors (Lipinski definition) is 0. The molecule has 18 heavy (non-hydrogen) atoms. The molecule has 3 nitrogen and oxygen atoms in total. The lowest BCUT2D eigenvalue weighted by Crippen LogP contribution is -2.47. The third-order valence-corrected chi connectivity index (χ3v) is 3.18. The molecule has 0 atom stereocenters. The standard InChI is InChI=1S/C15H20O3/c1-11(2)18-14-6-4-13(5-7-14)15(8-12(3)16)9-17-10-15/h4-7,11H,8-10H2,1-3H3. The van der Waals surface area contributed by atoms with E-state index in [2.05, 4.69) is 0 Å². The molecule has 0 aliphatic carbocycles. The Kier molecular flexibility index (Phi) is 3.71. The Hall–Kier alpha value is -1.35. The van der Waals surface area contributed by atoms with Crippen molar-refractivity contribution in [3.8, 4) is 5.75 Å². The van der Waals surface area contributed by atoms with E-state index >= 15 is 0 Å². The monoisotopic (exact) mass is 248 g/mol. The van der Waals surface area contributed by atoms with E-state index in [-0.39, 0.29) is 17.3 Å². The fraction of sp³-hybridized carbons (Fsp3) is 0.533. The van der Waals surface area contributed by atoms with E-state index < -0.39 is 0 Å². The average molecular weight is 248 g/mol. The summed E-state index contributed by atoms with van der Waals surface area (Å²) in [6.45, 7) is 6.92. The van der Waals surface area contributed by atoms with Gasteiger partial charge in [-0.15, -0.1) is 0 Å². The number of Topliss-reactive ketones (excluding diaryl/α,β-unsaturated/α-hetero) is 1. The molecule has 0 amide bonds. The van der Waals surface area contributed by atoms with Gasteiger partial charge in [0.1, 0.15) is 11.5 Å². The third kappa shape index (κ3) is 2.72. The summed E-state index contributed by atoms with van der Waals surface area (Å²) in [5, 5.41) is 0. The minimum absolute atomic E-state index is 0.109. The maximum atomic E-state index is 11.4. The van der Waals surface area contributed by atoms with Gasteiger partial charge < -0.3 is 9.47 Å². The fourth-order valence-electron chi connectivity index (χ4n) is 2.36. The molecular weight excluding hydrogens is 228 g/mol. The first kappa shape index (κ1) is 13.1. The van der Waals surface area contributed by atoms with Crippen molar-refractivity contribution in [2.45, 2.75) is 38.7 Å². The van der Waals surface area contributed by atoms with E-state index in [9.17, 15) is 4.79 Å². The van der Waals surface area contributed by atoms with Gasteiger partial charge in [0.15, 0.2) is 0 Å². The first-order valence-electron chi connectivity index (χ1n) is 6.36. The van der Waals surface area contributed by atoms with Gasteiger partial charge in [0.2, 0.25) is 0 Å². The number of benzene rings is 1. The molecule has 1 saturated heterocycles. The van der Waals surface area contributed by atoms with E-state index in [1.54, 1.807) is 6.92 Å². The number of hydrogen-bond acceptors (Lipinski definition) is 3. The Balaban J connectivity index is 2.14. The molecule has 98 valence electrons. The molecule has 1 aliphatic rings. The van der Waals surface area contributed by atoms with Gasteiger partial charge in [-0.05, 0) is 38.5 Å². The first-order valence-corrected chi connectivity index (χ1v) is 6.36. The van der Waals surface area contributed by atoms with Crippen molar-refractivity contribution in [1.82, 2.24) is 0 Å². The van der Waals surface area contributed by atoms with Gasteiger partial charge in [0.25, 0.3) is 0 Å². The van der Waals surface area contributed by atoms with E-state index in [0.717, 1.165) is 5.75 Å². The smallest absolute Gasteiger partial charge is 0.130 e. The second-order valence-corrected chi connectivity index (χ2v) is 5.34. The zero-order chi connectivity index (χ0) is 13.2. The average Bonchev–Trinajstić information content (AvgIpc) is 2.24. The first-order chi connectivity index (χ1) is 8.52. The van der Waals surface area contributed by atoms with Crippen molar-refractivity contribution in [1.29, 1.82) is 0 Å². The van der Waals surface area contributed by atoms with Crippen LogP contribution in [0.2, 0.25) is 0 Å². The molecule has 0 N–H and O–H groups in total. The molecule has 1 aromatic rings. The van der Waals surface area contributed by atoms with Crippen LogP contribution < -0.4 is 4.74 Å². The lowest BCUT2D eigenvalue weighted by molar-refractivity contribution is -0.125. The summed E-state index contributed by atoms with van der Waals surface area (Å²) < 4.78 is 10.9. The Morgan fingerprint density at radius 2 is 1.94 bits per heavy atom. The molecule has 0 spiro atoms. The van der Waals surface area contributed by atoms with Gasteiger partial charge in [0, 0.05) is 11.8 Å². The highest BCUT2D eigenvalue weighted by molar-refractivity contribution is 5.77. The van der Waals surface area contributed by atoms with Crippen LogP contribution in [0, 0.1) is 0 Å². The molecule has 1 heterocycles. The van der Waals surface area contributed by atoms with Crippen LogP contribution in [-0.2, 0) is 14.9 Å². The predicted octanol–water partition coefficient (Wildman–Crippen LogP) is 2.72. The molecule has 0 aromatic heterocycles. The Labute approximate surface area is 108 Å². The highest BCUT2D eigenvalue weighted by atomic mass is 16.5. The van der Waals surface area contributed by atoms with Gasteiger partial charge in [-0.1, -0.05) is 12.1 Å². The van der Waals surface area contributed by atoms with Crippen molar-refractivity contribution in [3.63, 3.8) is 0 Å². The minimum atomic E-state index is -0.109. The van der Waals surface area contributed by atoms with Crippen molar-refractivity contribution >= 4 is 5.78 Å². The predicted molar refractivity (Wildman–Crippen MR) is 70.0 cm³/mol. The summed E-state index contributed by atoms with van der Waals surface area (Å²) in [6.07, 6.45) is 0.728. The van der Waals surface area contributed by atoms with Crippen LogP contribution in [0.3, 0.4) is 0 Å². The highest BCUT2D eigenvalue weighted by Crippen LogP contribution is 2.36. The molecule has 1 fully saturated rings. The Bertz CT molecular complexity index is 416. The van der Waals surface area contributed by atoms with Crippen molar-refractivity contribution < 1.29 is 14.3 Å². The quantitative estimate of drug-likeness (QED) is 0.803. The lowest BCUT2D eigenvalue weighted by Gasteiger charge is -2.41. The van der Waals surface area contributed by atoms with Crippen molar-refractivity contribution in [2.24, 2.45) is 0 Å². The van der Waals surface area contributed by atoms with E-state index in [1.165, 1.54) is 5.56 Å². The molecule has 0 bridgehead atoms. The highest BCUT2D eigenvalue weighted by Gasteiger charge is 2.41. The van der Waals surface area contributed by atoms with E-state index in [4.69, 9.17) is 9.47 Å². The van der Waals surface area contributed by atoms with Crippen LogP contribution in [0.1, 0.15) is 32.8 Å². The van der Waals surface area contributed by atoms with Gasteiger partial charge in [-0.2, -0.15) is 0 Å². The zero-order valence-corrected chi connectivity index (χ0v) is 11.2. The molecule has 1 aromatic carbocycles. The molecule has 0 radical (unpaired) electrons. The summed E-state index contributed by atoms with van der Waals surface area (Å²) >= 11 is 0.